The van der Waals surface area contributed by atoms with Gasteiger partial charge in [0.15, 0.2) is 12.4 Å². The Labute approximate surface area is 175 Å². The molecule has 166 valence electrons. The van der Waals surface area contributed by atoms with Crippen molar-refractivity contribution < 1.29 is 17.7 Å². The summed E-state index contributed by atoms with van der Waals surface area (Å²) in [5, 5.41) is 12.1. The van der Waals surface area contributed by atoms with Crippen molar-refractivity contribution in [2.45, 2.75) is 50.2 Å². The fraction of sp³-hybridized carbons (Fsp3) is 0.619. The molecule has 0 radical (unpaired) electrons. The molecule has 0 aromatic heterocycles. The first kappa shape index (κ1) is 22.9. The zero-order valence-electron chi connectivity index (χ0n) is 17.6. The van der Waals surface area contributed by atoms with Gasteiger partial charge in [0.1, 0.15) is 18.4 Å². The van der Waals surface area contributed by atoms with Crippen molar-refractivity contribution in [2.75, 3.05) is 33.2 Å². The number of hydrogen-bond donors (Lipinski definition) is 4. The van der Waals surface area contributed by atoms with Gasteiger partial charge in [0, 0.05) is 50.1 Å². The Morgan fingerprint density at radius 1 is 1.47 bits per heavy atom. The molecule has 0 saturated carbocycles. The average molecular weight is 426 g/mol. The minimum atomic E-state index is -2.66. The van der Waals surface area contributed by atoms with E-state index in [1.54, 1.807) is 11.0 Å². The molecular weight excluding hydrogens is 393 g/mol. The van der Waals surface area contributed by atoms with Crippen molar-refractivity contribution >= 4 is 11.9 Å². The molecule has 0 spiro atoms. The minimum absolute atomic E-state index is 0.0376. The summed E-state index contributed by atoms with van der Waals surface area (Å²) in [4.78, 5) is 1.76. The molecule has 1 saturated heterocycles. The van der Waals surface area contributed by atoms with Crippen LogP contribution in [-0.2, 0) is 0 Å². The van der Waals surface area contributed by atoms with E-state index in [2.05, 4.69) is 5.32 Å². The lowest BCUT2D eigenvalue weighted by molar-refractivity contribution is -0.428. The van der Waals surface area contributed by atoms with Gasteiger partial charge in [0.2, 0.25) is 0 Å². The number of allylic oxidation sites excluding steroid dienone is 3. The van der Waals surface area contributed by atoms with E-state index in [-0.39, 0.29) is 37.0 Å². The third-order valence-corrected chi connectivity index (χ3v) is 5.98. The largest absolute Gasteiger partial charge is 0.329 e. The summed E-state index contributed by atoms with van der Waals surface area (Å²) in [6.07, 6.45) is 5.67. The van der Waals surface area contributed by atoms with Crippen LogP contribution in [0, 0.1) is 5.41 Å². The average Bonchev–Trinajstić information content (AvgIpc) is 3.02. The van der Waals surface area contributed by atoms with Crippen molar-refractivity contribution in [3.05, 3.63) is 34.8 Å². The van der Waals surface area contributed by atoms with Crippen molar-refractivity contribution in [2.24, 2.45) is 11.5 Å². The Morgan fingerprint density at radius 3 is 2.73 bits per heavy atom. The molecule has 1 fully saturated rings. The van der Waals surface area contributed by atoms with Crippen LogP contribution in [0.1, 0.15) is 26.2 Å². The zero-order valence-corrected chi connectivity index (χ0v) is 17.6. The number of halogens is 3. The topological polar surface area (TPSA) is 94.2 Å². The molecule has 0 bridgehead atoms. The molecule has 1 aliphatic carbocycles. The highest BCUT2D eigenvalue weighted by Crippen LogP contribution is 2.32. The van der Waals surface area contributed by atoms with Gasteiger partial charge in [-0.25, -0.2) is 17.7 Å². The Morgan fingerprint density at radius 2 is 2.17 bits per heavy atom. The lowest BCUT2D eigenvalue weighted by Crippen LogP contribution is -2.47. The molecule has 2 aliphatic heterocycles. The Balaban J connectivity index is 1.77. The molecule has 3 atom stereocenters. The first-order valence-electron chi connectivity index (χ1n) is 10.4. The number of alkyl halides is 2. The second-order valence-corrected chi connectivity index (χ2v) is 8.48. The van der Waals surface area contributed by atoms with Crippen molar-refractivity contribution in [3.63, 3.8) is 0 Å². The summed E-state index contributed by atoms with van der Waals surface area (Å²) in [5.74, 6) is -2.94. The van der Waals surface area contributed by atoms with Gasteiger partial charge in [0.25, 0.3) is 5.92 Å². The Hall–Kier alpha value is -1.81. The van der Waals surface area contributed by atoms with Crippen LogP contribution in [-0.4, -0.2) is 78.7 Å². The molecule has 9 heteroatoms. The summed E-state index contributed by atoms with van der Waals surface area (Å²) in [6, 6.07) is -1.16. The number of nitrogens with zero attached hydrogens (tertiary/aromatic N) is 2. The quantitative estimate of drug-likeness (QED) is 0.333. The molecule has 30 heavy (non-hydrogen) atoms. The van der Waals surface area contributed by atoms with Gasteiger partial charge in [-0.3, -0.25) is 4.90 Å². The highest BCUT2D eigenvalue weighted by atomic mass is 19.3. The van der Waals surface area contributed by atoms with E-state index in [1.807, 2.05) is 31.0 Å². The highest BCUT2D eigenvalue weighted by molar-refractivity contribution is 6.04. The van der Waals surface area contributed by atoms with E-state index in [4.69, 9.17) is 16.9 Å². The minimum Gasteiger partial charge on any atom is -0.329 e. The number of nitrogens with two attached hydrogens (primary N) is 2. The SMILES string of the molecule is CC(CC(NCCN)C(=N)C1=CC(C2=C[N+](C)=C2)=C(F)CC1N)N1CCC(F)(F)C1. The number of rotatable bonds is 9. The second kappa shape index (κ2) is 9.13. The maximum absolute atomic E-state index is 14.5. The van der Waals surface area contributed by atoms with Crippen LogP contribution in [0.3, 0.4) is 0 Å². The molecule has 6 nitrogen and oxygen atoms in total. The van der Waals surface area contributed by atoms with Gasteiger partial charge in [-0.1, -0.05) is 0 Å². The van der Waals surface area contributed by atoms with E-state index < -0.39 is 18.0 Å². The Kier molecular flexibility index (Phi) is 6.96. The Bertz CT molecular complexity index is 814. The van der Waals surface area contributed by atoms with E-state index in [0.717, 1.165) is 5.57 Å². The third-order valence-electron chi connectivity index (χ3n) is 5.98. The molecule has 0 amide bonds. The predicted molar refractivity (Wildman–Crippen MR) is 113 cm³/mol. The van der Waals surface area contributed by atoms with Crippen LogP contribution in [0.25, 0.3) is 0 Å². The number of nitrogens with one attached hydrogen (secondary N) is 2. The summed E-state index contributed by atoms with van der Waals surface area (Å²) in [7, 11) is 1.86. The summed E-state index contributed by atoms with van der Waals surface area (Å²) < 4.78 is 43.6. The van der Waals surface area contributed by atoms with Crippen molar-refractivity contribution in [1.82, 2.24) is 10.2 Å². The van der Waals surface area contributed by atoms with E-state index >= 15 is 0 Å². The fourth-order valence-corrected chi connectivity index (χ4v) is 4.23. The monoisotopic (exact) mass is 425 g/mol. The molecule has 2 heterocycles. The van der Waals surface area contributed by atoms with Crippen LogP contribution in [0.15, 0.2) is 34.8 Å². The molecule has 3 unspecified atom stereocenters. The molecule has 3 aliphatic rings. The first-order valence-corrected chi connectivity index (χ1v) is 10.4. The second-order valence-electron chi connectivity index (χ2n) is 8.48. The molecule has 0 aromatic carbocycles. The lowest BCUT2D eigenvalue weighted by Gasteiger charge is -2.32. The maximum Gasteiger partial charge on any atom is 0.261 e. The van der Waals surface area contributed by atoms with Gasteiger partial charge in [-0.2, -0.15) is 0 Å². The maximum atomic E-state index is 14.5. The molecular formula is C21H32F3N6+. The van der Waals surface area contributed by atoms with Crippen molar-refractivity contribution in [3.8, 4) is 0 Å². The summed E-state index contributed by atoms with van der Waals surface area (Å²) in [5.41, 5.74) is 13.9. The van der Waals surface area contributed by atoms with Gasteiger partial charge < -0.3 is 22.2 Å². The third kappa shape index (κ3) is 5.08. The number of likely N-dealkylation sites (tertiary alicyclic amines) is 1. The fourth-order valence-electron chi connectivity index (χ4n) is 4.23. The van der Waals surface area contributed by atoms with E-state index in [1.165, 1.54) is 0 Å². The van der Waals surface area contributed by atoms with E-state index in [9.17, 15) is 13.2 Å². The van der Waals surface area contributed by atoms with Crippen LogP contribution >= 0.6 is 0 Å². The summed E-state index contributed by atoms with van der Waals surface area (Å²) >= 11 is 0. The van der Waals surface area contributed by atoms with Gasteiger partial charge >= 0.3 is 0 Å². The van der Waals surface area contributed by atoms with Crippen LogP contribution in [0.4, 0.5) is 13.2 Å². The first-order chi connectivity index (χ1) is 14.1. The number of hydrogen-bond acceptors (Lipinski definition) is 5. The standard InChI is InChI=1S/C21H32F3N6/c1-13(30-6-3-21(23,24)12-30)7-19(28-5-4-25)20(27)16-8-15(14-10-29(2)11-14)17(22)9-18(16)26/h8,10-11,13,18-19,27-28H,3-7,9,12,25-26H2,1-2H3/q+1. The normalized spacial score (nSPS) is 26.0. The van der Waals surface area contributed by atoms with Crippen molar-refractivity contribution in [1.29, 1.82) is 5.41 Å². The van der Waals surface area contributed by atoms with Crippen LogP contribution in [0.2, 0.25) is 0 Å². The van der Waals surface area contributed by atoms with E-state index in [0.29, 0.717) is 37.2 Å². The zero-order chi connectivity index (χ0) is 22.1. The van der Waals surface area contributed by atoms with Gasteiger partial charge in [-0.05, 0) is 25.0 Å². The van der Waals surface area contributed by atoms with Gasteiger partial charge in [0.05, 0.1) is 18.3 Å². The molecule has 3 rings (SSSR count). The van der Waals surface area contributed by atoms with Crippen LogP contribution in [0.5, 0.6) is 0 Å². The molecule has 0 aromatic rings. The molecule has 6 N–H and O–H groups in total. The summed E-state index contributed by atoms with van der Waals surface area (Å²) in [6.45, 7) is 2.85. The lowest BCUT2D eigenvalue weighted by atomic mass is 9.84. The smallest absolute Gasteiger partial charge is 0.261 e. The van der Waals surface area contributed by atoms with Gasteiger partial charge in [-0.15, -0.1) is 0 Å². The highest BCUT2D eigenvalue weighted by Gasteiger charge is 2.40. The van der Waals surface area contributed by atoms with Crippen LogP contribution < -0.4 is 16.8 Å². The predicted octanol–water partition coefficient (Wildman–Crippen LogP) is 1.53.